The number of hydrogen-bond donors (Lipinski definition) is 5. The predicted molar refractivity (Wildman–Crippen MR) is 60.6 cm³/mol. The van der Waals surface area contributed by atoms with Crippen molar-refractivity contribution in [2.75, 3.05) is 12.3 Å². The molecule has 11 heteroatoms. The second-order valence-corrected chi connectivity index (χ2v) is 5.23. The molecule has 1 aliphatic heterocycles. The Bertz CT molecular complexity index is 514. The Morgan fingerprint density at radius 2 is 2.37 bits per heavy atom. The van der Waals surface area contributed by atoms with E-state index >= 15 is 0 Å². The second-order valence-electron chi connectivity index (χ2n) is 4.04. The molecule has 0 saturated carbocycles. The predicted octanol–water partition coefficient (Wildman–Crippen LogP) is -1.81. The Hall–Kier alpha value is -1.00. The first-order chi connectivity index (χ1) is 9.35. The van der Waals surface area contributed by atoms with Crippen LogP contribution in [0.4, 0.5) is 5.82 Å². The number of aliphatic hydroxyl groups excluding tert-OH is 2. The molecule has 1 saturated heterocycles. The van der Waals surface area contributed by atoms with Gasteiger partial charge in [-0.1, -0.05) is 0 Å². The van der Waals surface area contributed by atoms with Gasteiger partial charge in [-0.2, -0.15) is 0 Å². The summed E-state index contributed by atoms with van der Waals surface area (Å²) in [6.45, 7) is -0.546. The van der Waals surface area contributed by atoms with Gasteiger partial charge in [0.2, 0.25) is 1.43 Å². The molecule has 5 atom stereocenters. The van der Waals surface area contributed by atoms with Crippen LogP contribution in [0, 0.1) is 0 Å². The van der Waals surface area contributed by atoms with Crippen LogP contribution < -0.4 is 5.73 Å². The maximum Gasteiger partial charge on any atom is 0.469 e. The number of rotatable bonds is 5. The molecule has 0 bridgehead atoms. The number of aromatic nitrogens is 2. The summed E-state index contributed by atoms with van der Waals surface area (Å²) in [7, 11) is -4.51. The zero-order valence-electron chi connectivity index (χ0n) is 10.6. The Labute approximate surface area is 109 Å². The van der Waals surface area contributed by atoms with Gasteiger partial charge in [0.15, 0.2) is 6.23 Å². The molecule has 1 aromatic heterocycles. The van der Waals surface area contributed by atoms with Gasteiger partial charge in [0.05, 0.1) is 19.1 Å². The molecule has 2 unspecified atom stereocenters. The summed E-state index contributed by atoms with van der Waals surface area (Å²) in [4.78, 5) is 16.2. The van der Waals surface area contributed by atoms with Crippen molar-refractivity contribution in [2.24, 2.45) is 0 Å². The highest BCUT2D eigenvalue weighted by molar-refractivity contribution is 7.46. The van der Waals surface area contributed by atoms with Crippen molar-refractivity contribution < 1.29 is 33.8 Å². The van der Waals surface area contributed by atoms with Crippen LogP contribution in [0.2, 0.25) is 0 Å². The average Bonchev–Trinajstić information content (AvgIpc) is 2.94. The highest BCUT2D eigenvalue weighted by Crippen LogP contribution is 2.38. The number of aliphatic hydroxyl groups is 2. The number of anilines is 1. The van der Waals surface area contributed by atoms with Gasteiger partial charge in [-0.25, -0.2) is 9.55 Å². The number of nitrogen functional groups attached to an aromatic ring is 1. The summed E-state index contributed by atoms with van der Waals surface area (Å²) < 4.78 is 28.4. The van der Waals surface area contributed by atoms with Crippen LogP contribution in [0.3, 0.4) is 0 Å². The van der Waals surface area contributed by atoms with Gasteiger partial charge in [-0.05, 0) is 0 Å². The topological polar surface area (TPSA) is 160 Å². The van der Waals surface area contributed by atoms with Crippen molar-refractivity contribution in [1.82, 2.24) is 9.55 Å². The van der Waals surface area contributed by atoms with Gasteiger partial charge in [0.25, 0.3) is 0 Å². The van der Waals surface area contributed by atoms with Crippen LogP contribution >= 0.6 is 7.82 Å². The molecule has 2 rings (SSSR count). The summed E-state index contributed by atoms with van der Waals surface area (Å²) in [5.41, 5.74) is 5.61. The maximum atomic E-state index is 11.0. The number of imidazole rings is 1. The number of phosphoric ester groups is 1. The molecule has 10 nitrogen and oxygen atoms in total. The van der Waals surface area contributed by atoms with Gasteiger partial charge in [0.1, 0.15) is 24.1 Å². The second kappa shape index (κ2) is 5.17. The summed E-state index contributed by atoms with van der Waals surface area (Å²) in [5, 5.41) is 19.7. The van der Waals surface area contributed by atoms with E-state index in [1.165, 1.54) is 17.1 Å². The zero-order valence-corrected chi connectivity index (χ0v) is 10.5. The molecular formula is C8H14N3O7P. The molecule has 0 spiro atoms. The number of phosphoric acid groups is 1. The third-order valence-electron chi connectivity index (χ3n) is 2.71. The quantitative estimate of drug-likeness (QED) is 0.394. The molecule has 6 N–H and O–H groups in total. The first kappa shape index (κ1) is 13.0. The lowest BCUT2D eigenvalue weighted by molar-refractivity contribution is -0.0510. The number of ether oxygens (including phenoxy) is 1. The normalized spacial score (nSPS) is 35.0. The van der Waals surface area contributed by atoms with Gasteiger partial charge in [0, 0.05) is 0 Å². The standard InChI is InChI=1S/C8H14N3O7P/c9-5-1-10-3-11(5)8-7(13)6(12)4(18-8)2-17-19(14,15)16/h1,3-4,6-8,12-13H,2,9H2,(H2,14,15,16)/t4-,6-,7-,8?/m1/s1/i/hD. The van der Waals surface area contributed by atoms with E-state index in [-0.39, 0.29) is 5.82 Å². The van der Waals surface area contributed by atoms with E-state index in [9.17, 15) is 14.8 Å². The molecule has 0 amide bonds. The zero-order chi connectivity index (χ0) is 14.9. The fourth-order valence-corrected chi connectivity index (χ4v) is 2.13. The highest BCUT2D eigenvalue weighted by atomic mass is 31.2. The fourth-order valence-electron chi connectivity index (χ4n) is 1.79. The smallest absolute Gasteiger partial charge is 0.387 e. The van der Waals surface area contributed by atoms with Crippen LogP contribution in [-0.4, -0.2) is 55.9 Å². The van der Waals surface area contributed by atoms with Crippen molar-refractivity contribution in [1.29, 1.82) is 1.43 Å². The molecule has 1 aromatic rings. The minimum absolute atomic E-state index is 0.213. The van der Waals surface area contributed by atoms with Crippen molar-refractivity contribution >= 4 is 13.6 Å². The lowest BCUT2D eigenvalue weighted by Crippen LogP contribution is -2.33. The Balaban J connectivity index is 2.04. The summed E-state index contributed by atoms with van der Waals surface area (Å²) in [5.74, 6) is 0.213. The summed E-state index contributed by atoms with van der Waals surface area (Å²) in [6, 6.07) is 0. The van der Waals surface area contributed by atoms with Crippen molar-refractivity contribution in [2.45, 2.75) is 24.5 Å². The Kier molecular flexibility index (Phi) is 3.54. The van der Waals surface area contributed by atoms with Gasteiger partial charge in [-0.15, -0.1) is 0 Å². The Morgan fingerprint density at radius 1 is 1.63 bits per heavy atom. The first-order valence-electron chi connectivity index (χ1n) is 5.67. The minimum Gasteiger partial charge on any atom is -0.387 e. The molecular weight excluding hydrogens is 281 g/mol. The molecule has 2 heterocycles. The monoisotopic (exact) mass is 296 g/mol. The van der Waals surface area contributed by atoms with E-state index in [1.54, 1.807) is 0 Å². The minimum atomic E-state index is -4.51. The Morgan fingerprint density at radius 3 is 2.95 bits per heavy atom. The molecule has 1 fully saturated rings. The molecule has 0 radical (unpaired) electrons. The largest absolute Gasteiger partial charge is 0.469 e. The third kappa shape index (κ3) is 3.12. The number of nitrogens with two attached hydrogens (primary N) is 1. The fraction of sp³-hybridized carbons (Fsp3) is 0.625. The molecule has 1 aliphatic rings. The number of hydrogen-bond acceptors (Lipinski definition) is 8. The molecule has 0 aromatic carbocycles. The van der Waals surface area contributed by atoms with Crippen molar-refractivity contribution in [3.05, 3.63) is 12.5 Å². The van der Waals surface area contributed by atoms with E-state index in [2.05, 4.69) is 14.4 Å². The van der Waals surface area contributed by atoms with E-state index in [4.69, 9.17) is 16.8 Å². The van der Waals surface area contributed by atoms with Crippen LogP contribution in [0.1, 0.15) is 6.23 Å². The van der Waals surface area contributed by atoms with Gasteiger partial charge < -0.3 is 30.5 Å². The van der Waals surface area contributed by atoms with Gasteiger partial charge in [-0.3, -0.25) is 9.09 Å². The van der Waals surface area contributed by atoms with E-state index in [0.717, 1.165) is 0 Å². The third-order valence-corrected chi connectivity index (χ3v) is 3.18. The highest BCUT2D eigenvalue weighted by Gasteiger charge is 2.44. The van der Waals surface area contributed by atoms with Crippen molar-refractivity contribution in [3.63, 3.8) is 0 Å². The van der Waals surface area contributed by atoms with E-state index in [1.807, 2.05) is 0 Å². The van der Waals surface area contributed by atoms with Crippen LogP contribution in [0.15, 0.2) is 12.5 Å². The average molecular weight is 296 g/mol. The summed E-state index contributed by atoms with van der Waals surface area (Å²) >= 11 is 0. The summed E-state index contributed by atoms with van der Waals surface area (Å²) in [6.07, 6.45) is -2.14. The molecule has 108 valence electrons. The lowest BCUT2D eigenvalue weighted by atomic mass is 10.1. The van der Waals surface area contributed by atoms with Gasteiger partial charge >= 0.3 is 7.82 Å². The molecule has 0 aliphatic carbocycles. The van der Waals surface area contributed by atoms with Crippen LogP contribution in [-0.2, 0) is 13.8 Å². The van der Waals surface area contributed by atoms with Crippen molar-refractivity contribution in [3.8, 4) is 0 Å². The molecule has 19 heavy (non-hydrogen) atoms. The first-order valence-corrected chi connectivity index (χ1v) is 6.76. The van der Waals surface area contributed by atoms with Crippen LogP contribution in [0.5, 0.6) is 0 Å². The van der Waals surface area contributed by atoms with E-state index in [0.29, 0.717) is 0 Å². The van der Waals surface area contributed by atoms with Crippen LogP contribution in [0.25, 0.3) is 0 Å². The number of nitrogens with zero attached hydrogens (tertiary/aromatic N) is 2. The maximum absolute atomic E-state index is 11.0. The lowest BCUT2D eigenvalue weighted by Gasteiger charge is -2.17. The SMILES string of the molecule is [2H]OP(=O)(O)OC[C@H]1OC(n2cncc2N)[C@H](O)[C@@H]1O. The van der Waals surface area contributed by atoms with E-state index < -0.39 is 39.0 Å².